The van der Waals surface area contributed by atoms with E-state index in [4.69, 9.17) is 0 Å². The maximum absolute atomic E-state index is 13.7. The molecule has 1 saturated carbocycles. The van der Waals surface area contributed by atoms with Gasteiger partial charge in [-0.05, 0) is 25.0 Å². The number of hydrogen-bond donors (Lipinski definition) is 1. The molecule has 9 heteroatoms. The number of anilines is 1. The summed E-state index contributed by atoms with van der Waals surface area (Å²) in [6.45, 7) is 2.20. The van der Waals surface area contributed by atoms with Gasteiger partial charge in [-0.25, -0.2) is 9.37 Å². The van der Waals surface area contributed by atoms with E-state index in [9.17, 15) is 18.8 Å². The first-order valence-electron chi connectivity index (χ1n) is 9.58. The van der Waals surface area contributed by atoms with Crippen LogP contribution in [0.5, 0.6) is 0 Å². The molecule has 2 aliphatic rings. The molecule has 4 rings (SSSR count). The molecule has 1 N–H and O–H groups in total. The summed E-state index contributed by atoms with van der Waals surface area (Å²) in [5.74, 6) is -0.819. The molecule has 1 saturated heterocycles. The Bertz CT molecular complexity index is 935. The summed E-state index contributed by atoms with van der Waals surface area (Å²) in [5, 5.41) is 4.60. The molecule has 0 spiro atoms. The molecule has 7 nitrogen and oxygen atoms in total. The average molecular weight is 416 g/mol. The standard InChI is InChI=1S/C20H21FN4O3S/c21-16-4-2-1-3-15(16)18(27)23-20-22-14(12-29-20)11-17(26)24-7-9-25(10-8-24)19(28)13-5-6-13/h1-4,12-13H,5-11H2,(H,22,23,27). The predicted octanol–water partition coefficient (Wildman–Crippen LogP) is 2.16. The fraction of sp³-hybridized carbons (Fsp3) is 0.400. The van der Waals surface area contributed by atoms with E-state index < -0.39 is 11.7 Å². The predicted molar refractivity (Wildman–Crippen MR) is 106 cm³/mol. The van der Waals surface area contributed by atoms with Gasteiger partial charge in [0.1, 0.15) is 5.82 Å². The van der Waals surface area contributed by atoms with Crippen LogP contribution < -0.4 is 5.32 Å². The quantitative estimate of drug-likeness (QED) is 0.810. The highest BCUT2D eigenvalue weighted by molar-refractivity contribution is 7.14. The monoisotopic (exact) mass is 416 g/mol. The highest BCUT2D eigenvalue weighted by Crippen LogP contribution is 2.31. The summed E-state index contributed by atoms with van der Waals surface area (Å²) in [6, 6.07) is 5.72. The number of carbonyl (C=O) groups excluding carboxylic acids is 3. The molecule has 3 amide bonds. The van der Waals surface area contributed by atoms with Crippen LogP contribution in [-0.2, 0) is 16.0 Å². The number of nitrogens with zero attached hydrogens (tertiary/aromatic N) is 3. The Balaban J connectivity index is 1.29. The van der Waals surface area contributed by atoms with Crippen LogP contribution in [-0.4, -0.2) is 58.7 Å². The van der Waals surface area contributed by atoms with Gasteiger partial charge in [0.15, 0.2) is 5.13 Å². The van der Waals surface area contributed by atoms with Gasteiger partial charge in [0.25, 0.3) is 5.91 Å². The maximum Gasteiger partial charge on any atom is 0.260 e. The van der Waals surface area contributed by atoms with Crippen molar-refractivity contribution in [2.75, 3.05) is 31.5 Å². The number of aromatic nitrogens is 1. The van der Waals surface area contributed by atoms with E-state index in [1.54, 1.807) is 16.3 Å². The Kier molecular flexibility index (Phi) is 5.57. The molecule has 1 aliphatic heterocycles. The van der Waals surface area contributed by atoms with Crippen molar-refractivity contribution in [2.24, 2.45) is 5.92 Å². The van der Waals surface area contributed by atoms with Gasteiger partial charge in [-0.15, -0.1) is 11.3 Å². The second-order valence-corrected chi connectivity index (χ2v) is 8.09. The Labute approximate surface area is 171 Å². The third kappa shape index (κ3) is 4.61. The van der Waals surface area contributed by atoms with E-state index in [1.165, 1.54) is 29.5 Å². The molecule has 2 fully saturated rings. The largest absolute Gasteiger partial charge is 0.339 e. The molecule has 2 aromatic rings. The molecule has 0 atom stereocenters. The smallest absolute Gasteiger partial charge is 0.260 e. The lowest BCUT2D eigenvalue weighted by Gasteiger charge is -2.34. The van der Waals surface area contributed by atoms with Gasteiger partial charge in [0.2, 0.25) is 11.8 Å². The lowest BCUT2D eigenvalue weighted by atomic mass is 10.2. The first-order chi connectivity index (χ1) is 14.0. The fourth-order valence-electron chi connectivity index (χ4n) is 3.29. The van der Waals surface area contributed by atoms with Crippen molar-refractivity contribution in [3.63, 3.8) is 0 Å². The lowest BCUT2D eigenvalue weighted by molar-refractivity contribution is -0.140. The Morgan fingerprint density at radius 2 is 1.79 bits per heavy atom. The van der Waals surface area contributed by atoms with Crippen molar-refractivity contribution in [3.8, 4) is 0 Å². The molecule has 0 unspecified atom stereocenters. The Hall–Kier alpha value is -2.81. The SMILES string of the molecule is O=C(Nc1nc(CC(=O)N2CCN(C(=O)C3CC3)CC2)cs1)c1ccccc1F. The second kappa shape index (κ2) is 8.28. The van der Waals surface area contributed by atoms with Crippen LogP contribution in [0.1, 0.15) is 28.9 Å². The number of halogens is 1. The zero-order valence-electron chi connectivity index (χ0n) is 15.8. The van der Waals surface area contributed by atoms with Crippen LogP contribution >= 0.6 is 11.3 Å². The third-order valence-corrected chi connectivity index (χ3v) is 5.90. The number of nitrogens with one attached hydrogen (secondary N) is 1. The van der Waals surface area contributed by atoms with E-state index in [-0.39, 0.29) is 29.7 Å². The van der Waals surface area contributed by atoms with Gasteiger partial charge in [-0.1, -0.05) is 12.1 Å². The van der Waals surface area contributed by atoms with Crippen LogP contribution in [0.15, 0.2) is 29.6 Å². The summed E-state index contributed by atoms with van der Waals surface area (Å²) in [4.78, 5) is 44.7. The normalized spacial score (nSPS) is 16.6. The van der Waals surface area contributed by atoms with Crippen molar-refractivity contribution in [1.82, 2.24) is 14.8 Å². The first-order valence-corrected chi connectivity index (χ1v) is 10.5. The van der Waals surface area contributed by atoms with Crippen LogP contribution in [0, 0.1) is 11.7 Å². The van der Waals surface area contributed by atoms with Gasteiger partial charge < -0.3 is 9.80 Å². The summed E-state index contributed by atoms with van der Waals surface area (Å²) < 4.78 is 13.7. The summed E-state index contributed by atoms with van der Waals surface area (Å²) in [5.41, 5.74) is 0.499. The van der Waals surface area contributed by atoms with Gasteiger partial charge in [0.05, 0.1) is 17.7 Å². The van der Waals surface area contributed by atoms with E-state index in [2.05, 4.69) is 10.3 Å². The van der Waals surface area contributed by atoms with Gasteiger partial charge >= 0.3 is 0 Å². The van der Waals surface area contributed by atoms with Crippen molar-refractivity contribution in [3.05, 3.63) is 46.7 Å². The molecule has 1 aliphatic carbocycles. The van der Waals surface area contributed by atoms with Gasteiger partial charge in [-0.2, -0.15) is 0 Å². The first kappa shape index (κ1) is 19.5. The number of amides is 3. The number of hydrogen-bond acceptors (Lipinski definition) is 5. The summed E-state index contributed by atoms with van der Waals surface area (Å²) >= 11 is 1.19. The Morgan fingerprint density at radius 1 is 1.10 bits per heavy atom. The third-order valence-electron chi connectivity index (χ3n) is 5.09. The summed E-state index contributed by atoms with van der Waals surface area (Å²) in [6.07, 6.45) is 2.10. The molecule has 1 aromatic heterocycles. The molecular formula is C20H21FN4O3S. The molecular weight excluding hydrogens is 395 g/mol. The maximum atomic E-state index is 13.7. The van der Waals surface area contributed by atoms with Crippen molar-refractivity contribution in [2.45, 2.75) is 19.3 Å². The minimum atomic E-state index is -0.601. The zero-order valence-corrected chi connectivity index (χ0v) is 16.6. The van der Waals surface area contributed by atoms with Gasteiger partial charge in [0, 0.05) is 37.5 Å². The van der Waals surface area contributed by atoms with E-state index >= 15 is 0 Å². The molecule has 0 bridgehead atoms. The number of carbonyl (C=O) groups is 3. The lowest BCUT2D eigenvalue weighted by Crippen LogP contribution is -2.51. The van der Waals surface area contributed by atoms with E-state index in [0.717, 1.165) is 12.8 Å². The average Bonchev–Trinajstić information content (AvgIpc) is 3.49. The molecule has 152 valence electrons. The molecule has 29 heavy (non-hydrogen) atoms. The highest BCUT2D eigenvalue weighted by Gasteiger charge is 2.35. The van der Waals surface area contributed by atoms with Crippen molar-refractivity contribution in [1.29, 1.82) is 0 Å². The van der Waals surface area contributed by atoms with Crippen molar-refractivity contribution < 1.29 is 18.8 Å². The minimum Gasteiger partial charge on any atom is -0.339 e. The molecule has 2 heterocycles. The van der Waals surface area contributed by atoms with E-state index in [1.807, 2.05) is 4.90 Å². The fourth-order valence-corrected chi connectivity index (χ4v) is 3.99. The van der Waals surface area contributed by atoms with Gasteiger partial charge in [-0.3, -0.25) is 19.7 Å². The highest BCUT2D eigenvalue weighted by atomic mass is 32.1. The number of thiazole rings is 1. The zero-order chi connectivity index (χ0) is 20.4. The van der Waals surface area contributed by atoms with Crippen LogP contribution in [0.4, 0.5) is 9.52 Å². The van der Waals surface area contributed by atoms with Crippen LogP contribution in [0.25, 0.3) is 0 Å². The minimum absolute atomic E-state index is 0.0548. The van der Waals surface area contributed by atoms with E-state index in [0.29, 0.717) is 37.0 Å². The number of rotatable bonds is 5. The van der Waals surface area contributed by atoms with Crippen molar-refractivity contribution >= 4 is 34.2 Å². The second-order valence-electron chi connectivity index (χ2n) is 7.24. The topological polar surface area (TPSA) is 82.6 Å². The summed E-state index contributed by atoms with van der Waals surface area (Å²) in [7, 11) is 0. The van der Waals surface area contributed by atoms with Crippen LogP contribution in [0.2, 0.25) is 0 Å². The Morgan fingerprint density at radius 3 is 2.48 bits per heavy atom. The number of piperazine rings is 1. The molecule has 1 aromatic carbocycles. The van der Waals surface area contributed by atoms with Crippen LogP contribution in [0.3, 0.4) is 0 Å². The molecule has 0 radical (unpaired) electrons. The number of benzene rings is 1.